The summed E-state index contributed by atoms with van der Waals surface area (Å²) in [6.45, 7) is 7.79. The standard InChI is InChI=1S/C12H18N2O2.2ClH/c1-2-11(14-7-5-13-6-8-14)12-4-3-10(9-15)16-12;;/h2-4,11,13,15H,1,5-9H2;2*1H/t11-;;/m1../s1. The molecule has 0 amide bonds. The molecule has 1 aromatic heterocycles. The van der Waals surface area contributed by atoms with Crippen molar-refractivity contribution < 1.29 is 9.52 Å². The van der Waals surface area contributed by atoms with Gasteiger partial charge in [0.15, 0.2) is 0 Å². The zero-order valence-electron chi connectivity index (χ0n) is 10.2. The zero-order valence-corrected chi connectivity index (χ0v) is 11.8. The highest BCUT2D eigenvalue weighted by atomic mass is 35.5. The molecule has 4 nitrogen and oxygen atoms in total. The van der Waals surface area contributed by atoms with Crippen LogP contribution in [-0.4, -0.2) is 36.2 Å². The summed E-state index contributed by atoms with van der Waals surface area (Å²) < 4.78 is 5.56. The van der Waals surface area contributed by atoms with E-state index in [4.69, 9.17) is 9.52 Å². The van der Waals surface area contributed by atoms with Crippen molar-refractivity contribution in [3.05, 3.63) is 36.3 Å². The molecule has 2 rings (SSSR count). The molecular weight excluding hydrogens is 275 g/mol. The number of nitrogens with one attached hydrogen (secondary N) is 1. The van der Waals surface area contributed by atoms with E-state index in [1.54, 1.807) is 0 Å². The summed E-state index contributed by atoms with van der Waals surface area (Å²) in [5.74, 6) is 1.47. The predicted molar refractivity (Wildman–Crippen MR) is 76.5 cm³/mol. The van der Waals surface area contributed by atoms with Crippen LogP contribution >= 0.6 is 24.8 Å². The minimum atomic E-state index is -0.0502. The average molecular weight is 295 g/mol. The third kappa shape index (κ3) is 4.00. The smallest absolute Gasteiger partial charge is 0.129 e. The van der Waals surface area contributed by atoms with E-state index in [0.29, 0.717) is 5.76 Å². The molecule has 104 valence electrons. The maximum absolute atomic E-state index is 8.97. The number of hydrogen-bond acceptors (Lipinski definition) is 4. The maximum Gasteiger partial charge on any atom is 0.129 e. The van der Waals surface area contributed by atoms with Gasteiger partial charge in [0.1, 0.15) is 18.1 Å². The molecule has 0 aliphatic carbocycles. The maximum atomic E-state index is 8.97. The lowest BCUT2D eigenvalue weighted by atomic mass is 10.1. The van der Waals surface area contributed by atoms with Crippen LogP contribution in [-0.2, 0) is 6.61 Å². The molecule has 1 aliphatic heterocycles. The lowest BCUT2D eigenvalue weighted by molar-refractivity contribution is 0.177. The van der Waals surface area contributed by atoms with Crippen molar-refractivity contribution in [2.45, 2.75) is 12.6 Å². The Morgan fingerprint density at radius 3 is 2.56 bits per heavy atom. The van der Waals surface area contributed by atoms with Crippen molar-refractivity contribution >= 4 is 24.8 Å². The normalized spacial score (nSPS) is 17.4. The van der Waals surface area contributed by atoms with Crippen LogP contribution in [0.15, 0.2) is 29.2 Å². The molecule has 0 saturated carbocycles. The predicted octanol–water partition coefficient (Wildman–Crippen LogP) is 1.75. The monoisotopic (exact) mass is 294 g/mol. The van der Waals surface area contributed by atoms with Crippen LogP contribution in [0.4, 0.5) is 0 Å². The van der Waals surface area contributed by atoms with Crippen molar-refractivity contribution in [3.8, 4) is 0 Å². The van der Waals surface area contributed by atoms with E-state index in [1.165, 1.54) is 0 Å². The quantitative estimate of drug-likeness (QED) is 0.831. The van der Waals surface area contributed by atoms with Gasteiger partial charge in [0, 0.05) is 26.2 Å². The molecule has 1 fully saturated rings. The van der Waals surface area contributed by atoms with Crippen LogP contribution in [0.25, 0.3) is 0 Å². The molecule has 0 radical (unpaired) electrons. The number of furan rings is 1. The van der Waals surface area contributed by atoms with Gasteiger partial charge in [0.25, 0.3) is 0 Å². The Morgan fingerprint density at radius 2 is 2.06 bits per heavy atom. The topological polar surface area (TPSA) is 48.6 Å². The molecule has 0 aromatic carbocycles. The van der Waals surface area contributed by atoms with Crippen molar-refractivity contribution in [3.63, 3.8) is 0 Å². The third-order valence-electron chi connectivity index (χ3n) is 2.90. The Labute approximate surface area is 120 Å². The Balaban J connectivity index is 0.00000144. The summed E-state index contributed by atoms with van der Waals surface area (Å²) in [5, 5.41) is 12.3. The molecule has 1 aliphatic rings. The van der Waals surface area contributed by atoms with E-state index in [1.807, 2.05) is 18.2 Å². The first kappa shape index (κ1) is 17.5. The Morgan fingerprint density at radius 1 is 1.39 bits per heavy atom. The molecule has 2 heterocycles. The Bertz CT molecular complexity index is 352. The number of halogens is 2. The second-order valence-electron chi connectivity index (χ2n) is 3.93. The van der Waals surface area contributed by atoms with Crippen molar-refractivity contribution in [1.82, 2.24) is 10.2 Å². The van der Waals surface area contributed by atoms with Gasteiger partial charge in [-0.1, -0.05) is 6.08 Å². The zero-order chi connectivity index (χ0) is 11.4. The number of nitrogens with zero attached hydrogens (tertiary/aromatic N) is 1. The highest BCUT2D eigenvalue weighted by Gasteiger charge is 2.21. The van der Waals surface area contributed by atoms with Crippen LogP contribution in [0.2, 0.25) is 0 Å². The molecular formula is C12H20Cl2N2O2. The average Bonchev–Trinajstić information content (AvgIpc) is 2.80. The number of aliphatic hydroxyl groups excluding tert-OH is 1. The van der Waals surface area contributed by atoms with Gasteiger partial charge in [-0.05, 0) is 12.1 Å². The van der Waals surface area contributed by atoms with Crippen LogP contribution in [0.1, 0.15) is 17.6 Å². The summed E-state index contributed by atoms with van der Waals surface area (Å²) in [4.78, 5) is 2.32. The van der Waals surface area contributed by atoms with Crippen molar-refractivity contribution in [2.24, 2.45) is 0 Å². The SMILES string of the molecule is C=C[C@H](c1ccc(CO)o1)N1CCNCC1.Cl.Cl. The highest BCUT2D eigenvalue weighted by Crippen LogP contribution is 2.24. The first-order valence-corrected chi connectivity index (χ1v) is 5.62. The summed E-state index contributed by atoms with van der Waals surface area (Å²) in [6.07, 6.45) is 1.89. The number of hydrogen-bond donors (Lipinski definition) is 2. The molecule has 1 atom stereocenters. The van der Waals surface area contributed by atoms with Gasteiger partial charge >= 0.3 is 0 Å². The van der Waals surface area contributed by atoms with Crippen molar-refractivity contribution in [2.75, 3.05) is 26.2 Å². The molecule has 0 unspecified atom stereocenters. The van der Waals surface area contributed by atoms with Gasteiger partial charge in [-0.15, -0.1) is 31.4 Å². The third-order valence-corrected chi connectivity index (χ3v) is 2.90. The second-order valence-corrected chi connectivity index (χ2v) is 3.93. The molecule has 18 heavy (non-hydrogen) atoms. The lowest BCUT2D eigenvalue weighted by Crippen LogP contribution is -2.44. The minimum absolute atomic E-state index is 0. The first-order chi connectivity index (χ1) is 7.85. The van der Waals surface area contributed by atoms with E-state index >= 15 is 0 Å². The fourth-order valence-corrected chi connectivity index (χ4v) is 2.04. The summed E-state index contributed by atoms with van der Waals surface area (Å²) >= 11 is 0. The fourth-order valence-electron chi connectivity index (χ4n) is 2.04. The number of aliphatic hydroxyl groups is 1. The minimum Gasteiger partial charge on any atom is -0.462 e. The van der Waals surface area contributed by atoms with Crippen LogP contribution in [0.5, 0.6) is 0 Å². The van der Waals surface area contributed by atoms with Gasteiger partial charge < -0.3 is 14.8 Å². The second kappa shape index (κ2) is 8.56. The van der Waals surface area contributed by atoms with Gasteiger partial charge in [0.2, 0.25) is 0 Å². The van der Waals surface area contributed by atoms with Crippen molar-refractivity contribution in [1.29, 1.82) is 0 Å². The summed E-state index contributed by atoms with van der Waals surface area (Å²) in [5.41, 5.74) is 0. The van der Waals surface area contributed by atoms with E-state index in [9.17, 15) is 0 Å². The Hall–Kier alpha value is -0.520. The fraction of sp³-hybridized carbons (Fsp3) is 0.500. The molecule has 1 aromatic rings. The van der Waals surface area contributed by atoms with E-state index in [-0.39, 0.29) is 37.5 Å². The van der Waals surface area contributed by atoms with E-state index < -0.39 is 0 Å². The number of rotatable bonds is 4. The molecule has 6 heteroatoms. The van der Waals surface area contributed by atoms with E-state index in [0.717, 1.165) is 31.9 Å². The van der Waals surface area contributed by atoms with Gasteiger partial charge in [-0.25, -0.2) is 0 Å². The molecule has 2 N–H and O–H groups in total. The first-order valence-electron chi connectivity index (χ1n) is 5.62. The van der Waals surface area contributed by atoms with Crippen LogP contribution < -0.4 is 5.32 Å². The van der Waals surface area contributed by atoms with Gasteiger partial charge in [0.05, 0.1) is 6.04 Å². The number of piperazine rings is 1. The lowest BCUT2D eigenvalue weighted by Gasteiger charge is -2.31. The van der Waals surface area contributed by atoms with Gasteiger partial charge in [-0.3, -0.25) is 4.90 Å². The van der Waals surface area contributed by atoms with Crippen LogP contribution in [0.3, 0.4) is 0 Å². The summed E-state index contributed by atoms with van der Waals surface area (Å²) in [7, 11) is 0. The van der Waals surface area contributed by atoms with E-state index in [2.05, 4.69) is 16.8 Å². The van der Waals surface area contributed by atoms with Crippen LogP contribution in [0, 0.1) is 0 Å². The van der Waals surface area contributed by atoms with Gasteiger partial charge in [-0.2, -0.15) is 0 Å². The summed E-state index contributed by atoms with van der Waals surface area (Å²) in [6, 6.07) is 3.84. The molecule has 0 spiro atoms. The molecule has 1 saturated heterocycles. The largest absolute Gasteiger partial charge is 0.462 e. The highest BCUT2D eigenvalue weighted by molar-refractivity contribution is 5.85. The Kier molecular flexibility index (Phi) is 8.31. The molecule has 0 bridgehead atoms.